The maximum absolute atomic E-state index is 12.9. The number of carbonyl (C=O) groups is 1. The van der Waals surface area contributed by atoms with Gasteiger partial charge in [-0.05, 0) is 62.6 Å². The molecule has 1 amide bonds. The van der Waals surface area contributed by atoms with Gasteiger partial charge in [0, 0.05) is 13.0 Å². The molecule has 0 aliphatic heterocycles. The number of aromatic nitrogens is 4. The van der Waals surface area contributed by atoms with Gasteiger partial charge >= 0.3 is 0 Å². The van der Waals surface area contributed by atoms with Crippen LogP contribution in [0.15, 0.2) is 23.0 Å². The maximum Gasteiger partial charge on any atom is 0.277 e. The van der Waals surface area contributed by atoms with E-state index < -0.39 is 0 Å². The van der Waals surface area contributed by atoms with E-state index in [1.807, 2.05) is 13.0 Å². The average molecular weight is 438 g/mol. The lowest BCUT2D eigenvalue weighted by Crippen LogP contribution is -2.27. The van der Waals surface area contributed by atoms with Crippen molar-refractivity contribution in [2.45, 2.75) is 58.3 Å². The van der Waals surface area contributed by atoms with Crippen LogP contribution in [0.5, 0.6) is 5.75 Å². The van der Waals surface area contributed by atoms with E-state index in [0.29, 0.717) is 35.1 Å². The number of carbonyl (C=O) groups excluding carboxylic acids is 1. The smallest absolute Gasteiger partial charge is 0.277 e. The number of nitrogens with two attached hydrogens (primary N) is 1. The number of benzene rings is 1. The number of primary amides is 1. The zero-order chi connectivity index (χ0) is 22.8. The number of amides is 1. The Bertz CT molecular complexity index is 1190. The molecule has 3 N–H and O–H groups in total. The molecular weight excluding hydrogens is 406 g/mol. The van der Waals surface area contributed by atoms with Gasteiger partial charge in [0.2, 0.25) is 5.91 Å². The summed E-state index contributed by atoms with van der Waals surface area (Å²) in [5.41, 5.74) is 9.17. The van der Waals surface area contributed by atoms with E-state index in [9.17, 15) is 9.59 Å². The zero-order valence-electron chi connectivity index (χ0n) is 19.0. The fourth-order valence-corrected chi connectivity index (χ4v) is 4.76. The Hall–Kier alpha value is -3.16. The quantitative estimate of drug-likeness (QED) is 0.587. The molecule has 2 aromatic heterocycles. The number of H-pyrrole nitrogens is 1. The Kier molecular flexibility index (Phi) is 6.30. The molecule has 1 aromatic carbocycles. The summed E-state index contributed by atoms with van der Waals surface area (Å²) in [5, 5.41) is 4.51. The third-order valence-electron chi connectivity index (χ3n) is 6.41. The molecule has 2 heterocycles. The summed E-state index contributed by atoms with van der Waals surface area (Å²) < 4.78 is 7.48. The number of hydrogen-bond donors (Lipinski definition) is 2. The van der Waals surface area contributed by atoms with E-state index in [0.717, 1.165) is 55.3 Å². The summed E-state index contributed by atoms with van der Waals surface area (Å²) in [6.45, 7) is 4.53. The van der Waals surface area contributed by atoms with Crippen molar-refractivity contribution in [3.8, 4) is 17.1 Å². The van der Waals surface area contributed by atoms with Crippen LogP contribution in [0.3, 0.4) is 0 Å². The topological polar surface area (TPSA) is 116 Å². The molecule has 1 aliphatic carbocycles. The summed E-state index contributed by atoms with van der Waals surface area (Å²) in [4.78, 5) is 32.2. The number of nitrogens with zero attached hydrogens (tertiary/aromatic N) is 3. The molecule has 8 heteroatoms. The summed E-state index contributed by atoms with van der Waals surface area (Å²) >= 11 is 0. The molecule has 0 unspecified atom stereocenters. The highest BCUT2D eigenvalue weighted by Crippen LogP contribution is 2.39. The molecule has 32 heavy (non-hydrogen) atoms. The van der Waals surface area contributed by atoms with E-state index in [4.69, 9.17) is 15.5 Å². The summed E-state index contributed by atoms with van der Waals surface area (Å²) in [6.07, 6.45) is 5.11. The van der Waals surface area contributed by atoms with Crippen LogP contribution < -0.4 is 16.0 Å². The predicted octanol–water partition coefficient (Wildman–Crippen LogP) is 3.43. The Morgan fingerprint density at radius 3 is 2.66 bits per heavy atom. The van der Waals surface area contributed by atoms with E-state index in [2.05, 4.69) is 29.1 Å². The van der Waals surface area contributed by atoms with E-state index in [1.165, 1.54) is 0 Å². The minimum atomic E-state index is -0.211. The molecular formula is C24H31N5O3. The number of aryl methyl sites for hydroxylation is 2. The lowest BCUT2D eigenvalue weighted by atomic mass is 9.78. The SMILES string of the molecule is CCCc1nn(C)c2c(=O)[nH]c(-c3cc([C@H]4CC[C@@H](C(N)=O)CC4)ccc3OCC)nc12. The predicted molar refractivity (Wildman–Crippen MR) is 124 cm³/mol. The second-order valence-corrected chi connectivity index (χ2v) is 8.57. The van der Waals surface area contributed by atoms with Gasteiger partial charge in [-0.1, -0.05) is 19.4 Å². The molecule has 0 saturated heterocycles. The Balaban J connectivity index is 1.77. The van der Waals surface area contributed by atoms with Gasteiger partial charge in [0.25, 0.3) is 5.56 Å². The van der Waals surface area contributed by atoms with Gasteiger partial charge in [0.1, 0.15) is 17.1 Å². The molecule has 170 valence electrons. The minimum absolute atomic E-state index is 0.0311. The molecule has 0 radical (unpaired) electrons. The van der Waals surface area contributed by atoms with Crippen molar-refractivity contribution in [1.82, 2.24) is 19.7 Å². The summed E-state index contributed by atoms with van der Waals surface area (Å²) in [7, 11) is 1.77. The minimum Gasteiger partial charge on any atom is -0.493 e. The van der Waals surface area contributed by atoms with Crippen molar-refractivity contribution < 1.29 is 9.53 Å². The Labute approximate surface area is 187 Å². The van der Waals surface area contributed by atoms with E-state index in [1.54, 1.807) is 11.7 Å². The highest BCUT2D eigenvalue weighted by atomic mass is 16.5. The van der Waals surface area contributed by atoms with Gasteiger partial charge in [-0.25, -0.2) is 4.98 Å². The van der Waals surface area contributed by atoms with Gasteiger partial charge < -0.3 is 15.5 Å². The molecule has 4 rings (SSSR count). The van der Waals surface area contributed by atoms with Crippen LogP contribution in [-0.2, 0) is 18.3 Å². The average Bonchev–Trinajstić information content (AvgIpc) is 3.10. The van der Waals surface area contributed by atoms with Crippen molar-refractivity contribution in [3.63, 3.8) is 0 Å². The molecule has 1 fully saturated rings. The van der Waals surface area contributed by atoms with E-state index in [-0.39, 0.29) is 17.4 Å². The maximum atomic E-state index is 12.9. The standard InChI is InChI=1S/C24H31N5O3/c1-4-6-18-20-21(29(3)28-18)24(31)27-23(26-20)17-13-16(11-12-19(17)32-5-2)14-7-9-15(10-8-14)22(25)30/h11-15H,4-10H2,1-3H3,(H2,25,30)(H,26,27,31)/t14-,15+. The second kappa shape index (κ2) is 9.14. The first kappa shape index (κ1) is 22.0. The van der Waals surface area contributed by atoms with Crippen LogP contribution in [0.1, 0.15) is 63.1 Å². The molecule has 1 saturated carbocycles. The third-order valence-corrected chi connectivity index (χ3v) is 6.41. The first-order valence-electron chi connectivity index (χ1n) is 11.4. The number of aromatic amines is 1. The number of nitrogens with one attached hydrogen (secondary N) is 1. The number of rotatable bonds is 7. The normalized spacial score (nSPS) is 18.7. The zero-order valence-corrected chi connectivity index (χ0v) is 19.0. The van der Waals surface area contributed by atoms with Crippen molar-refractivity contribution in [2.75, 3.05) is 6.61 Å². The van der Waals surface area contributed by atoms with Gasteiger partial charge in [-0.3, -0.25) is 14.3 Å². The van der Waals surface area contributed by atoms with Crippen LogP contribution in [0.25, 0.3) is 22.4 Å². The molecule has 1 aliphatic rings. The van der Waals surface area contributed by atoms with Crippen molar-refractivity contribution in [1.29, 1.82) is 0 Å². The number of hydrogen-bond acceptors (Lipinski definition) is 5. The molecule has 8 nitrogen and oxygen atoms in total. The number of ether oxygens (including phenoxy) is 1. The molecule has 0 spiro atoms. The van der Waals surface area contributed by atoms with Gasteiger partial charge in [0.15, 0.2) is 5.52 Å². The summed E-state index contributed by atoms with van der Waals surface area (Å²) in [6, 6.07) is 6.10. The number of fused-ring (bicyclic) bond motifs is 1. The fraction of sp³-hybridized carbons (Fsp3) is 0.500. The van der Waals surface area contributed by atoms with Crippen molar-refractivity contribution in [3.05, 3.63) is 39.8 Å². The summed E-state index contributed by atoms with van der Waals surface area (Å²) in [5.74, 6) is 1.28. The van der Waals surface area contributed by atoms with Crippen LogP contribution in [0.2, 0.25) is 0 Å². The Morgan fingerprint density at radius 2 is 2.00 bits per heavy atom. The van der Waals surface area contributed by atoms with Crippen LogP contribution in [0, 0.1) is 5.92 Å². The first-order chi connectivity index (χ1) is 15.4. The van der Waals surface area contributed by atoms with Crippen LogP contribution in [0.4, 0.5) is 0 Å². The van der Waals surface area contributed by atoms with Gasteiger partial charge in [-0.15, -0.1) is 0 Å². The fourth-order valence-electron chi connectivity index (χ4n) is 4.76. The van der Waals surface area contributed by atoms with Crippen LogP contribution in [-0.4, -0.2) is 32.3 Å². The monoisotopic (exact) mass is 437 g/mol. The molecule has 0 bridgehead atoms. The lowest BCUT2D eigenvalue weighted by molar-refractivity contribution is -0.122. The van der Waals surface area contributed by atoms with Gasteiger partial charge in [-0.2, -0.15) is 5.10 Å². The molecule has 0 atom stereocenters. The highest BCUT2D eigenvalue weighted by molar-refractivity contribution is 5.80. The highest BCUT2D eigenvalue weighted by Gasteiger charge is 2.26. The molecule has 3 aromatic rings. The third kappa shape index (κ3) is 4.13. The lowest BCUT2D eigenvalue weighted by Gasteiger charge is -2.27. The van der Waals surface area contributed by atoms with E-state index >= 15 is 0 Å². The first-order valence-corrected chi connectivity index (χ1v) is 11.4. The second-order valence-electron chi connectivity index (χ2n) is 8.57. The van der Waals surface area contributed by atoms with Gasteiger partial charge in [0.05, 0.1) is 17.9 Å². The van der Waals surface area contributed by atoms with Crippen molar-refractivity contribution >= 4 is 16.9 Å². The van der Waals surface area contributed by atoms with Crippen LogP contribution >= 0.6 is 0 Å². The Morgan fingerprint density at radius 1 is 1.25 bits per heavy atom. The largest absolute Gasteiger partial charge is 0.493 e. The van der Waals surface area contributed by atoms with Crippen molar-refractivity contribution in [2.24, 2.45) is 18.7 Å².